The van der Waals surface area contributed by atoms with E-state index in [1.54, 1.807) is 20.8 Å². The molecule has 0 fully saturated rings. The Morgan fingerprint density at radius 1 is 1.19 bits per heavy atom. The largest absolute Gasteiger partial charge is 0.424 e. The van der Waals surface area contributed by atoms with Gasteiger partial charge in [-0.2, -0.15) is 0 Å². The van der Waals surface area contributed by atoms with Gasteiger partial charge in [0.15, 0.2) is 11.5 Å². The number of anilines is 1. The third-order valence-electron chi connectivity index (χ3n) is 2.50. The standard InChI is InChI=1S/C14H19NO5S/c1-9(16)10-6-7-12(20-13(17)14(2,3)4)11(8-10)15-21(5,18)19/h6-8,15H,1-5H3. The van der Waals surface area contributed by atoms with Crippen LogP contribution in [0.3, 0.4) is 0 Å². The molecule has 0 bridgehead atoms. The fraction of sp³-hybridized carbons (Fsp3) is 0.429. The van der Waals surface area contributed by atoms with Crippen LogP contribution >= 0.6 is 0 Å². The zero-order valence-corrected chi connectivity index (χ0v) is 13.5. The number of carbonyl (C=O) groups is 2. The van der Waals surface area contributed by atoms with Crippen molar-refractivity contribution in [2.75, 3.05) is 11.0 Å². The molecule has 0 aliphatic rings. The minimum Gasteiger partial charge on any atom is -0.424 e. The molecule has 7 heteroatoms. The molecule has 0 amide bonds. The van der Waals surface area contributed by atoms with Gasteiger partial charge in [0.25, 0.3) is 0 Å². The molecule has 0 atom stereocenters. The third kappa shape index (κ3) is 5.18. The molecular formula is C14H19NO5S. The lowest BCUT2D eigenvalue weighted by molar-refractivity contribution is -0.142. The Hall–Kier alpha value is -1.89. The van der Waals surface area contributed by atoms with E-state index < -0.39 is 21.4 Å². The van der Waals surface area contributed by atoms with Crippen LogP contribution in [0, 0.1) is 5.41 Å². The zero-order chi connectivity index (χ0) is 16.4. The van der Waals surface area contributed by atoms with Crippen LogP contribution in [0.15, 0.2) is 18.2 Å². The van der Waals surface area contributed by atoms with Gasteiger partial charge >= 0.3 is 5.97 Å². The van der Waals surface area contributed by atoms with Crippen molar-refractivity contribution in [2.45, 2.75) is 27.7 Å². The number of hydrogen-bond donors (Lipinski definition) is 1. The first-order valence-electron chi connectivity index (χ1n) is 6.25. The van der Waals surface area contributed by atoms with Crippen molar-refractivity contribution in [3.8, 4) is 5.75 Å². The van der Waals surface area contributed by atoms with E-state index in [0.29, 0.717) is 5.56 Å². The Kier molecular flexibility index (Phi) is 4.78. The quantitative estimate of drug-likeness (QED) is 0.523. The molecule has 1 N–H and O–H groups in total. The fourth-order valence-corrected chi connectivity index (χ4v) is 1.93. The summed E-state index contributed by atoms with van der Waals surface area (Å²) in [4.78, 5) is 23.3. The van der Waals surface area contributed by atoms with Crippen LogP contribution in [-0.4, -0.2) is 26.4 Å². The Morgan fingerprint density at radius 2 is 1.76 bits per heavy atom. The maximum atomic E-state index is 11.9. The van der Waals surface area contributed by atoms with Crippen molar-refractivity contribution in [1.82, 2.24) is 0 Å². The molecule has 0 saturated carbocycles. The molecule has 6 nitrogen and oxygen atoms in total. The van der Waals surface area contributed by atoms with Gasteiger partial charge in [0, 0.05) is 5.56 Å². The average molecular weight is 313 g/mol. The third-order valence-corrected chi connectivity index (χ3v) is 3.09. The number of sulfonamides is 1. The minimum atomic E-state index is -3.57. The topological polar surface area (TPSA) is 89.5 Å². The summed E-state index contributed by atoms with van der Waals surface area (Å²) < 4.78 is 30.2. The van der Waals surface area contributed by atoms with Gasteiger partial charge in [0.1, 0.15) is 0 Å². The van der Waals surface area contributed by atoms with Gasteiger partial charge in [-0.1, -0.05) is 0 Å². The molecule has 1 aromatic rings. The van der Waals surface area contributed by atoms with Crippen molar-refractivity contribution in [2.24, 2.45) is 5.41 Å². The highest BCUT2D eigenvalue weighted by Crippen LogP contribution is 2.29. The lowest BCUT2D eigenvalue weighted by Crippen LogP contribution is -2.26. The first kappa shape index (κ1) is 17.2. The smallest absolute Gasteiger partial charge is 0.316 e. The summed E-state index contributed by atoms with van der Waals surface area (Å²) in [5, 5.41) is 0. The summed E-state index contributed by atoms with van der Waals surface area (Å²) in [6.07, 6.45) is 0.975. The van der Waals surface area contributed by atoms with Crippen LogP contribution in [0.1, 0.15) is 38.1 Å². The Labute approximate surface area is 124 Å². The summed E-state index contributed by atoms with van der Waals surface area (Å²) in [5.74, 6) is -0.666. The molecule has 0 radical (unpaired) electrons. The number of Topliss-reactive ketones (excluding diaryl/α,β-unsaturated/α-hetero) is 1. The van der Waals surface area contributed by atoms with Gasteiger partial charge in [-0.25, -0.2) is 8.42 Å². The lowest BCUT2D eigenvalue weighted by Gasteiger charge is -2.18. The molecule has 0 spiro atoms. The minimum absolute atomic E-state index is 0.0581. The van der Waals surface area contributed by atoms with Gasteiger partial charge in [-0.15, -0.1) is 0 Å². The summed E-state index contributed by atoms with van der Waals surface area (Å²) in [6.45, 7) is 6.41. The van der Waals surface area contributed by atoms with E-state index in [-0.39, 0.29) is 17.2 Å². The van der Waals surface area contributed by atoms with Gasteiger partial charge in [-0.3, -0.25) is 14.3 Å². The molecule has 0 saturated heterocycles. The van der Waals surface area contributed by atoms with Gasteiger partial charge in [0.05, 0.1) is 17.4 Å². The van der Waals surface area contributed by atoms with E-state index in [1.165, 1.54) is 25.1 Å². The van der Waals surface area contributed by atoms with Crippen LogP contribution in [0.4, 0.5) is 5.69 Å². The number of esters is 1. The first-order chi connectivity index (χ1) is 9.40. The van der Waals surface area contributed by atoms with Crippen LogP contribution in [0.5, 0.6) is 5.75 Å². The molecule has 1 aromatic carbocycles. The van der Waals surface area contributed by atoms with E-state index >= 15 is 0 Å². The molecule has 1 rings (SSSR count). The molecule has 21 heavy (non-hydrogen) atoms. The normalized spacial score (nSPS) is 11.9. The molecule has 116 valence electrons. The highest BCUT2D eigenvalue weighted by atomic mass is 32.2. The number of benzene rings is 1. The van der Waals surface area contributed by atoms with Crippen molar-refractivity contribution < 1.29 is 22.7 Å². The summed E-state index contributed by atoms with van der Waals surface area (Å²) >= 11 is 0. The highest BCUT2D eigenvalue weighted by molar-refractivity contribution is 7.92. The van der Waals surface area contributed by atoms with E-state index in [1.807, 2.05) is 0 Å². The second-order valence-corrected chi connectivity index (χ2v) is 7.53. The summed E-state index contributed by atoms with van der Waals surface area (Å²) in [7, 11) is -3.57. The van der Waals surface area contributed by atoms with Crippen molar-refractivity contribution >= 4 is 27.5 Å². The lowest BCUT2D eigenvalue weighted by atomic mass is 9.97. The van der Waals surface area contributed by atoms with Crippen LogP contribution in [0.2, 0.25) is 0 Å². The maximum absolute atomic E-state index is 11.9. The van der Waals surface area contributed by atoms with Crippen LogP contribution in [-0.2, 0) is 14.8 Å². The zero-order valence-electron chi connectivity index (χ0n) is 12.7. The fourth-order valence-electron chi connectivity index (χ4n) is 1.37. The Balaban J connectivity index is 3.25. The average Bonchev–Trinajstić information content (AvgIpc) is 2.27. The molecule has 0 aliphatic carbocycles. The molecule has 0 unspecified atom stereocenters. The van der Waals surface area contributed by atoms with E-state index in [2.05, 4.69) is 4.72 Å². The summed E-state index contributed by atoms with van der Waals surface area (Å²) in [6, 6.07) is 4.21. The first-order valence-corrected chi connectivity index (χ1v) is 8.14. The summed E-state index contributed by atoms with van der Waals surface area (Å²) in [5.41, 5.74) is -0.360. The second-order valence-electron chi connectivity index (χ2n) is 5.78. The number of rotatable bonds is 4. The number of nitrogens with one attached hydrogen (secondary N) is 1. The SMILES string of the molecule is CC(=O)c1ccc(OC(=O)C(C)(C)C)c(NS(C)(=O)=O)c1. The molecule has 0 aromatic heterocycles. The maximum Gasteiger partial charge on any atom is 0.316 e. The van der Waals surface area contributed by atoms with Crippen LogP contribution < -0.4 is 9.46 Å². The van der Waals surface area contributed by atoms with Gasteiger partial charge < -0.3 is 4.74 Å². The van der Waals surface area contributed by atoms with Gasteiger partial charge in [-0.05, 0) is 45.9 Å². The van der Waals surface area contributed by atoms with Crippen LogP contribution in [0.25, 0.3) is 0 Å². The van der Waals surface area contributed by atoms with Gasteiger partial charge in [0.2, 0.25) is 10.0 Å². The predicted octanol–water partition coefficient (Wildman–Crippen LogP) is 2.21. The van der Waals surface area contributed by atoms with E-state index in [0.717, 1.165) is 6.26 Å². The van der Waals surface area contributed by atoms with Crippen molar-refractivity contribution in [3.63, 3.8) is 0 Å². The molecular weight excluding hydrogens is 294 g/mol. The Bertz CT molecular complexity index is 671. The Morgan fingerprint density at radius 3 is 2.19 bits per heavy atom. The van der Waals surface area contributed by atoms with E-state index in [4.69, 9.17) is 4.74 Å². The highest BCUT2D eigenvalue weighted by Gasteiger charge is 2.25. The number of ketones is 1. The monoisotopic (exact) mass is 313 g/mol. The molecule has 0 aliphatic heterocycles. The number of ether oxygens (including phenoxy) is 1. The predicted molar refractivity (Wildman–Crippen MR) is 80.0 cm³/mol. The number of carbonyl (C=O) groups excluding carboxylic acids is 2. The van der Waals surface area contributed by atoms with Crippen molar-refractivity contribution in [1.29, 1.82) is 0 Å². The second kappa shape index (κ2) is 5.85. The van der Waals surface area contributed by atoms with E-state index in [9.17, 15) is 18.0 Å². The number of hydrogen-bond acceptors (Lipinski definition) is 5. The molecule has 0 heterocycles. The van der Waals surface area contributed by atoms with Crippen molar-refractivity contribution in [3.05, 3.63) is 23.8 Å².